The number of hydrogen-bond acceptors (Lipinski definition) is 7. The summed E-state index contributed by atoms with van der Waals surface area (Å²) in [7, 11) is 0. The molecule has 5 rings (SSSR count). The van der Waals surface area contributed by atoms with Gasteiger partial charge in [0.25, 0.3) is 5.91 Å². The van der Waals surface area contributed by atoms with Crippen LogP contribution in [0.1, 0.15) is 23.2 Å². The van der Waals surface area contributed by atoms with Crippen molar-refractivity contribution in [3.05, 3.63) is 47.2 Å². The number of phenols is 1. The fourth-order valence-electron chi connectivity index (χ4n) is 3.61. The average molecular weight is 425 g/mol. The molecule has 0 unspecified atom stereocenters. The first-order valence-corrected chi connectivity index (χ1v) is 10.4. The Morgan fingerprint density at radius 1 is 1.10 bits per heavy atom. The molecule has 0 bridgehead atoms. The van der Waals surface area contributed by atoms with Crippen LogP contribution in [0, 0.1) is 0 Å². The number of halogens is 1. The van der Waals surface area contributed by atoms with Crippen molar-refractivity contribution in [2.24, 2.45) is 0 Å². The van der Waals surface area contributed by atoms with Crippen molar-refractivity contribution in [2.75, 3.05) is 36.4 Å². The molecule has 2 fully saturated rings. The quantitative estimate of drug-likeness (QED) is 0.664. The van der Waals surface area contributed by atoms with E-state index in [9.17, 15) is 9.90 Å². The number of anilines is 2. The Morgan fingerprint density at radius 3 is 2.63 bits per heavy atom. The third-order valence-corrected chi connectivity index (χ3v) is 5.66. The molecule has 1 saturated carbocycles. The van der Waals surface area contributed by atoms with Gasteiger partial charge in [0.05, 0.1) is 17.3 Å². The SMILES string of the molecule is O=C(c1ccc(Cl)cc1O)N1CCN(c2nc3cnccc3nc2NC2CC2)CC1. The summed E-state index contributed by atoms with van der Waals surface area (Å²) in [5.74, 6) is 1.28. The fraction of sp³-hybridized carbons (Fsp3) is 0.333. The number of carbonyl (C=O) groups excluding carboxylic acids is 1. The fourth-order valence-corrected chi connectivity index (χ4v) is 3.78. The second kappa shape index (κ2) is 7.60. The standard InChI is InChI=1S/C21H21ClN6O2/c22-13-1-4-15(18(29)11-13)21(30)28-9-7-27(8-10-28)20-19(24-14-2-3-14)25-16-5-6-23-12-17(16)26-20/h1,4-6,11-12,14,29H,2-3,7-10H2,(H,24,25). The summed E-state index contributed by atoms with van der Waals surface area (Å²) >= 11 is 5.88. The van der Waals surface area contributed by atoms with Crippen LogP contribution in [0.15, 0.2) is 36.7 Å². The van der Waals surface area contributed by atoms with Gasteiger partial charge in [0, 0.05) is 43.4 Å². The first kappa shape index (κ1) is 18.9. The topological polar surface area (TPSA) is 94.5 Å². The van der Waals surface area contributed by atoms with Gasteiger partial charge in [-0.05, 0) is 37.1 Å². The van der Waals surface area contributed by atoms with E-state index in [2.05, 4.69) is 15.2 Å². The highest BCUT2D eigenvalue weighted by Gasteiger charge is 2.28. The van der Waals surface area contributed by atoms with E-state index >= 15 is 0 Å². The Bertz CT molecular complexity index is 1110. The molecule has 30 heavy (non-hydrogen) atoms. The zero-order chi connectivity index (χ0) is 20.7. The minimum atomic E-state index is -0.200. The molecule has 2 N–H and O–H groups in total. The molecular weight excluding hydrogens is 404 g/mol. The maximum absolute atomic E-state index is 12.8. The number of aromatic nitrogens is 3. The van der Waals surface area contributed by atoms with Crippen molar-refractivity contribution in [2.45, 2.75) is 18.9 Å². The van der Waals surface area contributed by atoms with E-state index in [4.69, 9.17) is 21.6 Å². The Morgan fingerprint density at radius 2 is 1.90 bits per heavy atom. The van der Waals surface area contributed by atoms with Gasteiger partial charge >= 0.3 is 0 Å². The minimum absolute atomic E-state index is 0.0984. The highest BCUT2D eigenvalue weighted by Crippen LogP contribution is 2.31. The Kier molecular flexibility index (Phi) is 4.78. The first-order chi connectivity index (χ1) is 14.6. The maximum atomic E-state index is 12.8. The van der Waals surface area contributed by atoms with Gasteiger partial charge in [0.1, 0.15) is 11.3 Å². The van der Waals surface area contributed by atoms with E-state index in [1.54, 1.807) is 29.4 Å². The summed E-state index contributed by atoms with van der Waals surface area (Å²) in [6.07, 6.45) is 5.72. The van der Waals surface area contributed by atoms with Crippen LogP contribution in [0.4, 0.5) is 11.6 Å². The van der Waals surface area contributed by atoms with Crippen LogP contribution >= 0.6 is 11.6 Å². The largest absolute Gasteiger partial charge is 0.507 e. The average Bonchev–Trinajstić information content (AvgIpc) is 3.57. The zero-order valence-corrected chi connectivity index (χ0v) is 17.0. The molecule has 0 spiro atoms. The minimum Gasteiger partial charge on any atom is -0.507 e. The summed E-state index contributed by atoms with van der Waals surface area (Å²) in [5, 5.41) is 14.0. The molecule has 3 aromatic rings. The molecule has 3 heterocycles. The number of nitrogens with one attached hydrogen (secondary N) is 1. The number of carbonyl (C=O) groups is 1. The maximum Gasteiger partial charge on any atom is 0.257 e. The molecule has 1 aromatic carbocycles. The van der Waals surface area contributed by atoms with Crippen LogP contribution in [0.2, 0.25) is 5.02 Å². The van der Waals surface area contributed by atoms with Crippen molar-refractivity contribution in [3.8, 4) is 5.75 Å². The summed E-state index contributed by atoms with van der Waals surface area (Å²) in [6.45, 7) is 2.30. The molecule has 1 aliphatic carbocycles. The summed E-state index contributed by atoms with van der Waals surface area (Å²) in [6, 6.07) is 6.87. The second-order valence-electron chi connectivity index (χ2n) is 7.62. The van der Waals surface area contributed by atoms with Gasteiger partial charge in [-0.25, -0.2) is 9.97 Å². The number of pyridine rings is 1. The summed E-state index contributed by atoms with van der Waals surface area (Å²) < 4.78 is 0. The third kappa shape index (κ3) is 3.70. The van der Waals surface area contributed by atoms with Crippen LogP contribution in [0.3, 0.4) is 0 Å². The lowest BCUT2D eigenvalue weighted by molar-refractivity contribution is 0.0743. The number of amides is 1. The van der Waals surface area contributed by atoms with Crippen molar-refractivity contribution in [1.82, 2.24) is 19.9 Å². The second-order valence-corrected chi connectivity index (χ2v) is 8.06. The lowest BCUT2D eigenvalue weighted by atomic mass is 10.1. The summed E-state index contributed by atoms with van der Waals surface area (Å²) in [5.41, 5.74) is 1.82. The molecule has 154 valence electrons. The number of phenolic OH excluding ortho intramolecular Hbond substituents is 1. The molecular formula is C21H21ClN6O2. The van der Waals surface area contributed by atoms with Crippen LogP contribution in [0.25, 0.3) is 11.0 Å². The smallest absolute Gasteiger partial charge is 0.257 e. The van der Waals surface area contributed by atoms with Gasteiger partial charge in [-0.3, -0.25) is 9.78 Å². The lowest BCUT2D eigenvalue weighted by Gasteiger charge is -2.36. The van der Waals surface area contributed by atoms with E-state index in [-0.39, 0.29) is 17.2 Å². The molecule has 2 aliphatic rings. The third-order valence-electron chi connectivity index (χ3n) is 5.42. The molecule has 2 aromatic heterocycles. The Hall–Kier alpha value is -3.13. The van der Waals surface area contributed by atoms with E-state index in [0.717, 1.165) is 35.5 Å². The molecule has 0 atom stereocenters. The van der Waals surface area contributed by atoms with E-state index in [1.807, 2.05) is 6.07 Å². The number of hydrogen-bond donors (Lipinski definition) is 2. The van der Waals surface area contributed by atoms with Crippen LogP contribution in [0.5, 0.6) is 5.75 Å². The van der Waals surface area contributed by atoms with E-state index in [1.165, 1.54) is 6.07 Å². The van der Waals surface area contributed by atoms with Crippen molar-refractivity contribution >= 4 is 40.2 Å². The number of nitrogens with zero attached hydrogens (tertiary/aromatic N) is 5. The molecule has 9 heteroatoms. The van der Waals surface area contributed by atoms with Gasteiger partial charge < -0.3 is 20.2 Å². The number of fused-ring (bicyclic) bond motifs is 1. The van der Waals surface area contributed by atoms with Gasteiger partial charge in [-0.15, -0.1) is 0 Å². The van der Waals surface area contributed by atoms with E-state index in [0.29, 0.717) is 37.2 Å². The van der Waals surface area contributed by atoms with Gasteiger partial charge in [-0.1, -0.05) is 11.6 Å². The Balaban J connectivity index is 1.36. The van der Waals surface area contributed by atoms with Crippen molar-refractivity contribution in [3.63, 3.8) is 0 Å². The molecule has 8 nitrogen and oxygen atoms in total. The lowest BCUT2D eigenvalue weighted by Crippen LogP contribution is -2.49. The highest BCUT2D eigenvalue weighted by molar-refractivity contribution is 6.30. The number of aromatic hydroxyl groups is 1. The summed E-state index contributed by atoms with van der Waals surface area (Å²) in [4.78, 5) is 30.5. The first-order valence-electron chi connectivity index (χ1n) is 9.99. The zero-order valence-electron chi connectivity index (χ0n) is 16.3. The van der Waals surface area contributed by atoms with Gasteiger partial charge in [0.15, 0.2) is 11.6 Å². The number of piperazine rings is 1. The van der Waals surface area contributed by atoms with Crippen LogP contribution < -0.4 is 10.2 Å². The monoisotopic (exact) mass is 424 g/mol. The predicted molar refractivity (Wildman–Crippen MR) is 115 cm³/mol. The molecule has 1 saturated heterocycles. The van der Waals surface area contributed by atoms with Gasteiger partial charge in [0.2, 0.25) is 0 Å². The van der Waals surface area contributed by atoms with Gasteiger partial charge in [-0.2, -0.15) is 0 Å². The van der Waals surface area contributed by atoms with E-state index < -0.39 is 0 Å². The van der Waals surface area contributed by atoms with Crippen molar-refractivity contribution < 1.29 is 9.90 Å². The highest BCUT2D eigenvalue weighted by atomic mass is 35.5. The molecule has 0 radical (unpaired) electrons. The Labute approximate surface area is 178 Å². The molecule has 1 amide bonds. The normalized spacial score (nSPS) is 16.7. The number of rotatable bonds is 4. The van der Waals surface area contributed by atoms with Crippen molar-refractivity contribution in [1.29, 1.82) is 0 Å². The van der Waals surface area contributed by atoms with Crippen LogP contribution in [-0.4, -0.2) is 63.1 Å². The number of benzene rings is 1. The van der Waals surface area contributed by atoms with Crippen LogP contribution in [-0.2, 0) is 0 Å². The predicted octanol–water partition coefficient (Wildman–Crippen LogP) is 2.92. The molecule has 1 aliphatic heterocycles.